The Morgan fingerprint density at radius 2 is 2.00 bits per heavy atom. The highest BCUT2D eigenvalue weighted by molar-refractivity contribution is 14.0. The van der Waals surface area contributed by atoms with Gasteiger partial charge in [-0.1, -0.05) is 30.3 Å². The second-order valence-electron chi connectivity index (χ2n) is 7.10. The van der Waals surface area contributed by atoms with E-state index >= 15 is 0 Å². The zero-order valence-electron chi connectivity index (χ0n) is 16.9. The number of hydrogen-bond acceptors (Lipinski definition) is 2. The first kappa shape index (κ1) is 21.7. The number of benzene rings is 1. The van der Waals surface area contributed by atoms with E-state index in [9.17, 15) is 0 Å². The number of rotatable bonds is 5. The van der Waals surface area contributed by atoms with Crippen LogP contribution in [0.4, 0.5) is 0 Å². The van der Waals surface area contributed by atoms with Crippen LogP contribution in [0.3, 0.4) is 0 Å². The van der Waals surface area contributed by atoms with Crippen LogP contribution in [0.5, 0.6) is 0 Å². The van der Waals surface area contributed by atoms with E-state index in [1.165, 1.54) is 23.2 Å². The lowest BCUT2D eigenvalue weighted by Crippen LogP contribution is -2.40. The average Bonchev–Trinajstić information content (AvgIpc) is 3.22. The Balaban J connectivity index is 0.00000261. The molecular formula is C21H32IN5. The summed E-state index contributed by atoms with van der Waals surface area (Å²) in [5.74, 6) is 1.65. The van der Waals surface area contributed by atoms with E-state index in [4.69, 9.17) is 4.99 Å². The highest BCUT2D eigenvalue weighted by Crippen LogP contribution is 2.26. The molecule has 1 aliphatic rings. The van der Waals surface area contributed by atoms with Gasteiger partial charge in [0, 0.05) is 44.8 Å². The van der Waals surface area contributed by atoms with Crippen molar-refractivity contribution in [3.8, 4) is 0 Å². The molecule has 3 rings (SSSR count). The SMILES string of the molecule is CCNC(=NCCc1c(C)nn(C)c1C)N1CCC(c2ccccc2)C1.I. The molecule has 0 amide bonds. The van der Waals surface area contributed by atoms with E-state index in [1.54, 1.807) is 0 Å². The van der Waals surface area contributed by atoms with Gasteiger partial charge in [0.1, 0.15) is 0 Å². The maximum atomic E-state index is 4.90. The maximum absolute atomic E-state index is 4.90. The summed E-state index contributed by atoms with van der Waals surface area (Å²) in [6, 6.07) is 10.8. The van der Waals surface area contributed by atoms with Gasteiger partial charge >= 0.3 is 0 Å². The number of nitrogens with zero attached hydrogens (tertiary/aromatic N) is 4. The van der Waals surface area contributed by atoms with Crippen molar-refractivity contribution in [2.24, 2.45) is 12.0 Å². The van der Waals surface area contributed by atoms with Crippen LogP contribution < -0.4 is 5.32 Å². The molecule has 1 saturated heterocycles. The van der Waals surface area contributed by atoms with Gasteiger partial charge in [-0.05, 0) is 44.7 Å². The molecule has 5 nitrogen and oxygen atoms in total. The Bertz CT molecular complexity index is 753. The number of likely N-dealkylation sites (tertiary alicyclic amines) is 1. The molecule has 2 heterocycles. The van der Waals surface area contributed by atoms with Gasteiger partial charge in [-0.15, -0.1) is 24.0 Å². The average molecular weight is 481 g/mol. The van der Waals surface area contributed by atoms with Gasteiger partial charge in [-0.2, -0.15) is 5.10 Å². The van der Waals surface area contributed by atoms with Crippen molar-refractivity contribution < 1.29 is 0 Å². The third kappa shape index (κ3) is 5.24. The van der Waals surface area contributed by atoms with Gasteiger partial charge in [0.2, 0.25) is 0 Å². The molecule has 1 aromatic heterocycles. The molecule has 1 N–H and O–H groups in total. The topological polar surface area (TPSA) is 45.5 Å². The fourth-order valence-electron chi connectivity index (χ4n) is 3.83. The van der Waals surface area contributed by atoms with Crippen molar-refractivity contribution in [1.82, 2.24) is 20.0 Å². The molecule has 1 fully saturated rings. The van der Waals surface area contributed by atoms with E-state index in [2.05, 4.69) is 66.4 Å². The second-order valence-corrected chi connectivity index (χ2v) is 7.10. The monoisotopic (exact) mass is 481 g/mol. The summed E-state index contributed by atoms with van der Waals surface area (Å²) < 4.78 is 1.96. The Labute approximate surface area is 180 Å². The minimum absolute atomic E-state index is 0. The number of aliphatic imine (C=N–C) groups is 1. The Kier molecular flexibility index (Phi) is 8.13. The predicted molar refractivity (Wildman–Crippen MR) is 123 cm³/mol. The van der Waals surface area contributed by atoms with E-state index in [1.807, 2.05) is 11.7 Å². The number of halogens is 1. The third-order valence-electron chi connectivity index (χ3n) is 5.38. The van der Waals surface area contributed by atoms with Crippen LogP contribution in [0, 0.1) is 13.8 Å². The van der Waals surface area contributed by atoms with Gasteiger partial charge in [-0.25, -0.2) is 0 Å². The van der Waals surface area contributed by atoms with E-state index in [0.29, 0.717) is 5.92 Å². The summed E-state index contributed by atoms with van der Waals surface area (Å²) in [6.45, 7) is 10.2. The molecular weight excluding hydrogens is 449 g/mol. The summed E-state index contributed by atoms with van der Waals surface area (Å²) >= 11 is 0. The Morgan fingerprint density at radius 1 is 1.26 bits per heavy atom. The number of nitrogens with one attached hydrogen (secondary N) is 1. The highest BCUT2D eigenvalue weighted by Gasteiger charge is 2.25. The standard InChI is InChI=1S/C21H31N5.HI/c1-5-22-21(23-13-11-20-16(2)24-25(4)17(20)3)26-14-12-19(15-26)18-9-7-6-8-10-18;/h6-10,19H,5,11-15H2,1-4H3,(H,22,23);1H. The fourth-order valence-corrected chi connectivity index (χ4v) is 3.83. The van der Waals surface area contributed by atoms with Crippen LogP contribution in [-0.2, 0) is 13.5 Å². The fraction of sp³-hybridized carbons (Fsp3) is 0.524. The van der Waals surface area contributed by atoms with Gasteiger partial charge < -0.3 is 10.2 Å². The van der Waals surface area contributed by atoms with Crippen LogP contribution >= 0.6 is 24.0 Å². The maximum Gasteiger partial charge on any atom is 0.193 e. The first-order valence-corrected chi connectivity index (χ1v) is 9.67. The second kappa shape index (κ2) is 10.1. The molecule has 1 unspecified atom stereocenters. The zero-order valence-corrected chi connectivity index (χ0v) is 19.2. The first-order chi connectivity index (χ1) is 12.6. The quantitative estimate of drug-likeness (QED) is 0.403. The van der Waals surface area contributed by atoms with Gasteiger partial charge in [0.25, 0.3) is 0 Å². The lowest BCUT2D eigenvalue weighted by atomic mass is 9.99. The number of aromatic nitrogens is 2. The Hall–Kier alpha value is -1.57. The number of guanidine groups is 1. The van der Waals surface area contributed by atoms with E-state index in [0.717, 1.165) is 44.3 Å². The van der Waals surface area contributed by atoms with Crippen LogP contribution in [0.2, 0.25) is 0 Å². The van der Waals surface area contributed by atoms with Crippen molar-refractivity contribution in [1.29, 1.82) is 0 Å². The molecule has 0 radical (unpaired) electrons. The first-order valence-electron chi connectivity index (χ1n) is 9.67. The van der Waals surface area contributed by atoms with E-state index < -0.39 is 0 Å². The lowest BCUT2D eigenvalue weighted by molar-refractivity contribution is 0.486. The number of aryl methyl sites for hydroxylation is 2. The van der Waals surface area contributed by atoms with Crippen molar-refractivity contribution >= 4 is 29.9 Å². The normalized spacial score (nSPS) is 17.1. The smallest absolute Gasteiger partial charge is 0.193 e. The molecule has 0 aliphatic carbocycles. The van der Waals surface area contributed by atoms with Crippen molar-refractivity contribution in [3.63, 3.8) is 0 Å². The number of hydrogen-bond donors (Lipinski definition) is 1. The van der Waals surface area contributed by atoms with Crippen LogP contribution in [0.25, 0.3) is 0 Å². The Morgan fingerprint density at radius 3 is 2.63 bits per heavy atom. The van der Waals surface area contributed by atoms with Crippen LogP contribution in [0.1, 0.15) is 41.8 Å². The minimum atomic E-state index is 0. The molecule has 6 heteroatoms. The molecule has 1 atom stereocenters. The summed E-state index contributed by atoms with van der Waals surface area (Å²) in [5, 5.41) is 7.98. The summed E-state index contributed by atoms with van der Waals surface area (Å²) in [6.07, 6.45) is 2.13. The van der Waals surface area contributed by atoms with Crippen molar-refractivity contribution in [3.05, 3.63) is 52.8 Å². The largest absolute Gasteiger partial charge is 0.357 e. The summed E-state index contributed by atoms with van der Waals surface area (Å²) in [7, 11) is 2.01. The van der Waals surface area contributed by atoms with Gasteiger partial charge in [0.15, 0.2) is 5.96 Å². The molecule has 1 aromatic carbocycles. The summed E-state index contributed by atoms with van der Waals surface area (Å²) in [5.41, 5.74) is 5.13. The van der Waals surface area contributed by atoms with Crippen LogP contribution in [-0.4, -0.2) is 46.8 Å². The summed E-state index contributed by atoms with van der Waals surface area (Å²) in [4.78, 5) is 7.31. The highest BCUT2D eigenvalue weighted by atomic mass is 127. The molecule has 1 aliphatic heterocycles. The minimum Gasteiger partial charge on any atom is -0.357 e. The van der Waals surface area contributed by atoms with Crippen molar-refractivity contribution in [2.45, 2.75) is 39.5 Å². The van der Waals surface area contributed by atoms with E-state index in [-0.39, 0.29) is 24.0 Å². The lowest BCUT2D eigenvalue weighted by Gasteiger charge is -2.21. The van der Waals surface area contributed by atoms with Gasteiger partial charge in [-0.3, -0.25) is 9.67 Å². The molecule has 27 heavy (non-hydrogen) atoms. The zero-order chi connectivity index (χ0) is 18.5. The molecule has 0 bridgehead atoms. The predicted octanol–water partition coefficient (Wildman–Crippen LogP) is 3.65. The molecule has 0 spiro atoms. The molecule has 2 aromatic rings. The van der Waals surface area contributed by atoms with Crippen molar-refractivity contribution in [2.75, 3.05) is 26.2 Å². The molecule has 148 valence electrons. The molecule has 0 saturated carbocycles. The van der Waals surface area contributed by atoms with Gasteiger partial charge in [0.05, 0.1) is 5.69 Å². The van der Waals surface area contributed by atoms with Crippen LogP contribution in [0.15, 0.2) is 35.3 Å². The third-order valence-corrected chi connectivity index (χ3v) is 5.38.